The summed E-state index contributed by atoms with van der Waals surface area (Å²) in [6.07, 6.45) is 2.17. The Bertz CT molecular complexity index is 634. The average molecular weight is 302 g/mol. The van der Waals surface area contributed by atoms with E-state index in [0.29, 0.717) is 16.6 Å². The quantitative estimate of drug-likeness (QED) is 0.914. The lowest BCUT2D eigenvalue weighted by atomic mass is 9.99. The minimum Gasteiger partial charge on any atom is -0.317 e. The Morgan fingerprint density at radius 1 is 1.29 bits per heavy atom. The Hall–Kier alpha value is -1.79. The van der Waals surface area contributed by atoms with Gasteiger partial charge in [0.25, 0.3) is 5.91 Å². The number of aryl methyl sites for hydroxylation is 1. The van der Waals surface area contributed by atoms with Crippen molar-refractivity contribution in [1.29, 1.82) is 0 Å². The van der Waals surface area contributed by atoms with Gasteiger partial charge in [0, 0.05) is 11.5 Å². The van der Waals surface area contributed by atoms with Crippen molar-refractivity contribution in [2.24, 2.45) is 0 Å². The molecule has 3 rings (SSSR count). The van der Waals surface area contributed by atoms with Gasteiger partial charge in [0.2, 0.25) is 5.13 Å². The van der Waals surface area contributed by atoms with Crippen molar-refractivity contribution < 1.29 is 4.79 Å². The van der Waals surface area contributed by atoms with Gasteiger partial charge in [-0.05, 0) is 44.5 Å². The number of nitrogens with zero attached hydrogens (tertiary/aromatic N) is 2. The summed E-state index contributed by atoms with van der Waals surface area (Å²) in [6, 6.07) is 7.53. The van der Waals surface area contributed by atoms with Gasteiger partial charge in [-0.3, -0.25) is 10.1 Å². The van der Waals surface area contributed by atoms with Gasteiger partial charge < -0.3 is 5.32 Å². The van der Waals surface area contributed by atoms with Gasteiger partial charge in [-0.25, -0.2) is 0 Å². The van der Waals surface area contributed by atoms with E-state index in [1.54, 1.807) is 0 Å². The molecule has 21 heavy (non-hydrogen) atoms. The van der Waals surface area contributed by atoms with E-state index in [4.69, 9.17) is 0 Å². The van der Waals surface area contributed by atoms with E-state index in [1.165, 1.54) is 11.3 Å². The van der Waals surface area contributed by atoms with E-state index in [9.17, 15) is 4.79 Å². The molecule has 1 aromatic carbocycles. The molecule has 1 saturated heterocycles. The molecular weight excluding hydrogens is 284 g/mol. The summed E-state index contributed by atoms with van der Waals surface area (Å²) in [4.78, 5) is 12.2. The van der Waals surface area contributed by atoms with Crippen LogP contribution >= 0.6 is 11.3 Å². The summed E-state index contributed by atoms with van der Waals surface area (Å²) in [5.74, 6) is 0.342. The zero-order valence-electron chi connectivity index (χ0n) is 11.9. The molecular formula is C15H18N4OS. The Kier molecular flexibility index (Phi) is 4.26. The first-order valence-electron chi connectivity index (χ1n) is 7.15. The molecule has 6 heteroatoms. The number of benzene rings is 1. The van der Waals surface area contributed by atoms with Crippen LogP contribution in [0.4, 0.5) is 5.13 Å². The standard InChI is InChI=1S/C15H18N4OS/c1-10-4-2-3-5-12(10)13(20)17-15-19-18-14(21-15)11-6-8-16-9-7-11/h2-5,11,16H,6-9H2,1H3,(H,17,19,20). The Balaban J connectivity index is 1.69. The molecule has 1 aromatic heterocycles. The van der Waals surface area contributed by atoms with Crippen molar-refractivity contribution in [2.75, 3.05) is 18.4 Å². The molecule has 2 aromatic rings. The third-order valence-electron chi connectivity index (χ3n) is 3.74. The van der Waals surface area contributed by atoms with Crippen LogP contribution in [0.2, 0.25) is 0 Å². The third kappa shape index (κ3) is 3.28. The summed E-state index contributed by atoms with van der Waals surface area (Å²) in [6.45, 7) is 3.97. The first kappa shape index (κ1) is 14.2. The fourth-order valence-corrected chi connectivity index (χ4v) is 3.42. The number of nitrogens with one attached hydrogen (secondary N) is 2. The highest BCUT2D eigenvalue weighted by atomic mass is 32.1. The largest absolute Gasteiger partial charge is 0.317 e. The lowest BCUT2D eigenvalue weighted by Gasteiger charge is -2.19. The number of carbonyl (C=O) groups is 1. The molecule has 1 amide bonds. The van der Waals surface area contributed by atoms with E-state index in [0.717, 1.165) is 36.5 Å². The number of piperidine rings is 1. The highest BCUT2D eigenvalue weighted by Gasteiger charge is 2.20. The molecule has 5 nitrogen and oxygen atoms in total. The van der Waals surface area contributed by atoms with Crippen molar-refractivity contribution >= 4 is 22.4 Å². The lowest BCUT2D eigenvalue weighted by Crippen LogP contribution is -2.26. The third-order valence-corrected chi connectivity index (χ3v) is 4.74. The maximum atomic E-state index is 12.2. The van der Waals surface area contributed by atoms with Crippen molar-refractivity contribution in [3.05, 3.63) is 40.4 Å². The van der Waals surface area contributed by atoms with Gasteiger partial charge in [-0.15, -0.1) is 10.2 Å². The minimum atomic E-state index is -0.124. The molecule has 0 saturated carbocycles. The second-order valence-corrected chi connectivity index (χ2v) is 6.25. The van der Waals surface area contributed by atoms with E-state index in [-0.39, 0.29) is 5.91 Å². The molecule has 1 fully saturated rings. The first-order chi connectivity index (χ1) is 10.2. The van der Waals surface area contributed by atoms with E-state index < -0.39 is 0 Å². The predicted octanol–water partition coefficient (Wildman–Crippen LogP) is 2.57. The van der Waals surface area contributed by atoms with Crippen LogP contribution in [0.3, 0.4) is 0 Å². The van der Waals surface area contributed by atoms with Gasteiger partial charge in [0.1, 0.15) is 5.01 Å². The van der Waals surface area contributed by atoms with Crippen LogP contribution < -0.4 is 10.6 Å². The van der Waals surface area contributed by atoms with Crippen molar-refractivity contribution in [2.45, 2.75) is 25.7 Å². The van der Waals surface area contributed by atoms with Crippen LogP contribution in [0, 0.1) is 6.92 Å². The van der Waals surface area contributed by atoms with E-state index in [2.05, 4.69) is 20.8 Å². The van der Waals surface area contributed by atoms with Crippen LogP contribution in [0.5, 0.6) is 0 Å². The fraction of sp³-hybridized carbons (Fsp3) is 0.400. The average Bonchev–Trinajstić information content (AvgIpc) is 2.97. The molecule has 0 unspecified atom stereocenters. The maximum absolute atomic E-state index is 12.2. The molecule has 1 aliphatic heterocycles. The summed E-state index contributed by atoms with van der Waals surface area (Å²) < 4.78 is 0. The Morgan fingerprint density at radius 2 is 2.05 bits per heavy atom. The monoisotopic (exact) mass is 302 g/mol. The minimum absolute atomic E-state index is 0.124. The number of carbonyl (C=O) groups excluding carboxylic acids is 1. The van der Waals surface area contributed by atoms with E-state index >= 15 is 0 Å². The molecule has 0 aliphatic carbocycles. The molecule has 2 heterocycles. The highest BCUT2D eigenvalue weighted by molar-refractivity contribution is 7.15. The van der Waals surface area contributed by atoms with Gasteiger partial charge in [-0.1, -0.05) is 29.5 Å². The molecule has 2 N–H and O–H groups in total. The zero-order valence-corrected chi connectivity index (χ0v) is 12.7. The summed E-state index contributed by atoms with van der Waals surface area (Å²) >= 11 is 1.49. The zero-order chi connectivity index (χ0) is 14.7. The molecule has 110 valence electrons. The molecule has 0 atom stereocenters. The predicted molar refractivity (Wildman–Crippen MR) is 83.9 cm³/mol. The molecule has 0 bridgehead atoms. The van der Waals surface area contributed by atoms with Crippen LogP contribution in [0.25, 0.3) is 0 Å². The number of hydrogen-bond donors (Lipinski definition) is 2. The lowest BCUT2D eigenvalue weighted by molar-refractivity contribution is 0.102. The number of anilines is 1. The van der Waals surface area contributed by atoms with Gasteiger partial charge >= 0.3 is 0 Å². The molecule has 1 aliphatic rings. The summed E-state index contributed by atoms with van der Waals surface area (Å²) in [5, 5.41) is 16.1. The van der Waals surface area contributed by atoms with Crippen molar-refractivity contribution in [3.8, 4) is 0 Å². The summed E-state index contributed by atoms with van der Waals surface area (Å²) in [5.41, 5.74) is 1.63. The van der Waals surface area contributed by atoms with Crippen LogP contribution in [-0.4, -0.2) is 29.2 Å². The second-order valence-electron chi connectivity index (χ2n) is 5.24. The first-order valence-corrected chi connectivity index (χ1v) is 7.97. The van der Waals surface area contributed by atoms with Crippen LogP contribution in [-0.2, 0) is 0 Å². The Labute approximate surface area is 127 Å². The van der Waals surface area contributed by atoms with Crippen LogP contribution in [0.1, 0.15) is 39.7 Å². The highest BCUT2D eigenvalue weighted by Crippen LogP contribution is 2.29. The van der Waals surface area contributed by atoms with Crippen molar-refractivity contribution in [3.63, 3.8) is 0 Å². The van der Waals surface area contributed by atoms with Gasteiger partial charge in [0.15, 0.2) is 0 Å². The number of hydrogen-bond acceptors (Lipinski definition) is 5. The fourth-order valence-electron chi connectivity index (χ4n) is 2.51. The van der Waals surface area contributed by atoms with Gasteiger partial charge in [0.05, 0.1) is 0 Å². The second kappa shape index (κ2) is 6.32. The number of aromatic nitrogens is 2. The number of rotatable bonds is 3. The van der Waals surface area contributed by atoms with Crippen LogP contribution in [0.15, 0.2) is 24.3 Å². The Morgan fingerprint density at radius 3 is 2.81 bits per heavy atom. The molecule has 0 spiro atoms. The smallest absolute Gasteiger partial charge is 0.257 e. The SMILES string of the molecule is Cc1ccccc1C(=O)Nc1nnc(C2CCNCC2)s1. The van der Waals surface area contributed by atoms with E-state index in [1.807, 2.05) is 31.2 Å². The topological polar surface area (TPSA) is 66.9 Å². The number of amides is 1. The van der Waals surface area contributed by atoms with Crippen molar-refractivity contribution in [1.82, 2.24) is 15.5 Å². The normalized spacial score (nSPS) is 15.9. The molecule has 0 radical (unpaired) electrons. The van der Waals surface area contributed by atoms with Gasteiger partial charge in [-0.2, -0.15) is 0 Å². The summed E-state index contributed by atoms with van der Waals surface area (Å²) in [7, 11) is 0. The maximum Gasteiger partial charge on any atom is 0.257 e.